The highest BCUT2D eigenvalue weighted by molar-refractivity contribution is 7.79. The van der Waals surface area contributed by atoms with Crippen molar-refractivity contribution in [3.05, 3.63) is 70.2 Å². The molecule has 2 rings (SSSR count). The van der Waals surface area contributed by atoms with Crippen LogP contribution in [-0.4, -0.2) is 11.2 Å². The van der Waals surface area contributed by atoms with Gasteiger partial charge in [0.25, 0.3) is 0 Å². The second-order valence-electron chi connectivity index (χ2n) is 3.51. The molecule has 0 unspecified atom stereocenters. The zero-order valence-electron chi connectivity index (χ0n) is 8.89. The Labute approximate surface area is 110 Å². The average Bonchev–Trinajstić information content (AvgIpc) is 2.38. The molecular weight excluding hydrogens is 252 g/mol. The van der Waals surface area contributed by atoms with E-state index in [0.29, 0.717) is 16.1 Å². The normalized spacial score (nSPS) is 9.94. The molecule has 3 heteroatoms. The third kappa shape index (κ3) is 2.43. The second-order valence-corrected chi connectivity index (χ2v) is 4.16. The summed E-state index contributed by atoms with van der Waals surface area (Å²) >= 11 is 10.9. The SMILES string of the molecule is O=C(c1ccccc1Cl)c1ccccc1C=S. The van der Waals surface area contributed by atoms with E-state index >= 15 is 0 Å². The molecule has 1 nitrogen and oxygen atoms in total. The van der Waals surface area contributed by atoms with Crippen LogP contribution in [0, 0.1) is 0 Å². The summed E-state index contributed by atoms with van der Waals surface area (Å²) < 4.78 is 0. The van der Waals surface area contributed by atoms with E-state index in [1.807, 2.05) is 18.2 Å². The molecule has 2 aromatic rings. The van der Waals surface area contributed by atoms with Gasteiger partial charge in [0.1, 0.15) is 0 Å². The summed E-state index contributed by atoms with van der Waals surface area (Å²) in [7, 11) is 0. The maximum Gasteiger partial charge on any atom is 0.195 e. The number of benzene rings is 2. The third-order valence-corrected chi connectivity index (χ3v) is 3.03. The van der Waals surface area contributed by atoms with Crippen molar-refractivity contribution in [3.63, 3.8) is 0 Å². The summed E-state index contributed by atoms with van der Waals surface area (Å²) in [6.45, 7) is 0. The number of thiocarbonyl (C=S) groups is 1. The molecule has 0 saturated heterocycles. The van der Waals surface area contributed by atoms with Gasteiger partial charge in [0.15, 0.2) is 5.78 Å². The first-order valence-electron chi connectivity index (χ1n) is 5.07. The van der Waals surface area contributed by atoms with Crippen molar-refractivity contribution in [2.45, 2.75) is 0 Å². The van der Waals surface area contributed by atoms with Gasteiger partial charge in [0.2, 0.25) is 0 Å². The third-order valence-electron chi connectivity index (χ3n) is 2.45. The van der Waals surface area contributed by atoms with E-state index in [0.717, 1.165) is 5.56 Å². The highest BCUT2D eigenvalue weighted by Crippen LogP contribution is 2.20. The quantitative estimate of drug-likeness (QED) is 0.615. The Morgan fingerprint density at radius 3 is 2.24 bits per heavy atom. The van der Waals surface area contributed by atoms with E-state index in [2.05, 4.69) is 0 Å². The van der Waals surface area contributed by atoms with E-state index in [1.165, 1.54) is 5.37 Å². The maximum atomic E-state index is 12.3. The highest BCUT2D eigenvalue weighted by atomic mass is 35.5. The van der Waals surface area contributed by atoms with Crippen molar-refractivity contribution in [2.24, 2.45) is 0 Å². The summed E-state index contributed by atoms with van der Waals surface area (Å²) in [6.07, 6.45) is 0. The van der Waals surface area contributed by atoms with Crippen LogP contribution < -0.4 is 0 Å². The number of halogens is 1. The number of carbonyl (C=O) groups excluding carboxylic acids is 1. The van der Waals surface area contributed by atoms with Crippen LogP contribution >= 0.6 is 23.8 Å². The second kappa shape index (κ2) is 5.21. The minimum atomic E-state index is -0.104. The molecule has 0 aromatic heterocycles. The van der Waals surface area contributed by atoms with Gasteiger partial charge in [-0.25, -0.2) is 0 Å². The summed E-state index contributed by atoms with van der Waals surface area (Å²) in [5.74, 6) is -0.104. The minimum absolute atomic E-state index is 0.104. The molecule has 0 fully saturated rings. The van der Waals surface area contributed by atoms with Gasteiger partial charge in [-0.05, 0) is 17.7 Å². The minimum Gasteiger partial charge on any atom is -0.289 e. The number of rotatable bonds is 3. The Morgan fingerprint density at radius 1 is 1.00 bits per heavy atom. The fraction of sp³-hybridized carbons (Fsp3) is 0. The van der Waals surface area contributed by atoms with E-state index in [1.54, 1.807) is 30.3 Å². The molecule has 0 radical (unpaired) electrons. The summed E-state index contributed by atoms with van der Waals surface area (Å²) in [6, 6.07) is 14.2. The fourth-order valence-corrected chi connectivity index (χ4v) is 2.02. The lowest BCUT2D eigenvalue weighted by Gasteiger charge is -2.05. The van der Waals surface area contributed by atoms with Gasteiger partial charge in [-0.2, -0.15) is 0 Å². The van der Waals surface area contributed by atoms with Gasteiger partial charge < -0.3 is 0 Å². The van der Waals surface area contributed by atoms with Crippen molar-refractivity contribution >= 4 is 35.0 Å². The van der Waals surface area contributed by atoms with Gasteiger partial charge in [0.05, 0.1) is 5.02 Å². The van der Waals surface area contributed by atoms with Crippen LogP contribution in [0.1, 0.15) is 21.5 Å². The molecule has 0 aliphatic carbocycles. The van der Waals surface area contributed by atoms with Crippen LogP contribution in [0.25, 0.3) is 0 Å². The summed E-state index contributed by atoms with van der Waals surface area (Å²) in [5.41, 5.74) is 1.82. The highest BCUT2D eigenvalue weighted by Gasteiger charge is 2.14. The van der Waals surface area contributed by atoms with Crippen LogP contribution in [0.4, 0.5) is 0 Å². The lowest BCUT2D eigenvalue weighted by atomic mass is 9.99. The van der Waals surface area contributed by atoms with Crippen LogP contribution in [0.15, 0.2) is 48.5 Å². The smallest absolute Gasteiger partial charge is 0.195 e. The molecule has 0 spiro atoms. The Bertz CT molecular complexity index is 578. The zero-order valence-corrected chi connectivity index (χ0v) is 10.5. The number of ketones is 1. The molecule has 0 atom stereocenters. The summed E-state index contributed by atoms with van der Waals surface area (Å²) in [4.78, 5) is 12.3. The summed E-state index contributed by atoms with van der Waals surface area (Å²) in [5, 5.41) is 1.96. The van der Waals surface area contributed by atoms with E-state index in [9.17, 15) is 4.79 Å². The van der Waals surface area contributed by atoms with Crippen molar-refractivity contribution in [3.8, 4) is 0 Å². The van der Waals surface area contributed by atoms with Gasteiger partial charge in [-0.15, -0.1) is 0 Å². The first-order chi connectivity index (χ1) is 8.24. The largest absolute Gasteiger partial charge is 0.289 e. The van der Waals surface area contributed by atoms with Gasteiger partial charge in [0, 0.05) is 16.5 Å². The molecule has 2 aromatic carbocycles. The van der Waals surface area contributed by atoms with Gasteiger partial charge in [-0.3, -0.25) is 4.79 Å². The van der Waals surface area contributed by atoms with Gasteiger partial charge in [-0.1, -0.05) is 60.2 Å². The Balaban J connectivity index is 2.51. The molecule has 0 amide bonds. The maximum absolute atomic E-state index is 12.3. The lowest BCUT2D eigenvalue weighted by molar-refractivity contribution is 0.103. The van der Waals surface area contributed by atoms with Crippen LogP contribution in [0.2, 0.25) is 5.02 Å². The van der Waals surface area contributed by atoms with E-state index < -0.39 is 0 Å². The topological polar surface area (TPSA) is 17.1 Å². The van der Waals surface area contributed by atoms with E-state index in [-0.39, 0.29) is 5.78 Å². The zero-order chi connectivity index (χ0) is 12.3. The van der Waals surface area contributed by atoms with Crippen LogP contribution in [0.5, 0.6) is 0 Å². The Hall–Kier alpha value is -1.51. The van der Waals surface area contributed by atoms with Crippen molar-refractivity contribution < 1.29 is 4.79 Å². The molecule has 84 valence electrons. The van der Waals surface area contributed by atoms with Crippen LogP contribution in [0.3, 0.4) is 0 Å². The van der Waals surface area contributed by atoms with Crippen molar-refractivity contribution in [1.29, 1.82) is 0 Å². The number of carbonyl (C=O) groups is 1. The predicted molar refractivity (Wildman–Crippen MR) is 74.1 cm³/mol. The molecule has 17 heavy (non-hydrogen) atoms. The van der Waals surface area contributed by atoms with Crippen molar-refractivity contribution in [2.75, 3.05) is 0 Å². The van der Waals surface area contributed by atoms with Crippen molar-refractivity contribution in [1.82, 2.24) is 0 Å². The molecule has 0 bridgehead atoms. The Kier molecular flexibility index (Phi) is 3.67. The standard InChI is InChI=1S/C14H9ClOS/c15-13-8-4-3-7-12(13)14(16)11-6-2-1-5-10(11)9-17/h1-9H. The number of hydrogen-bond donors (Lipinski definition) is 0. The van der Waals surface area contributed by atoms with Crippen LogP contribution in [-0.2, 0) is 0 Å². The molecule has 0 N–H and O–H groups in total. The number of hydrogen-bond acceptors (Lipinski definition) is 2. The molecular formula is C14H9ClOS. The first-order valence-corrected chi connectivity index (χ1v) is 5.92. The van der Waals surface area contributed by atoms with Gasteiger partial charge >= 0.3 is 0 Å². The molecule has 0 saturated carbocycles. The lowest BCUT2D eigenvalue weighted by Crippen LogP contribution is -2.05. The first kappa shape index (κ1) is 12.0. The average molecular weight is 261 g/mol. The fourth-order valence-electron chi connectivity index (χ4n) is 1.60. The molecule has 0 heterocycles. The molecule has 0 aliphatic heterocycles. The Morgan fingerprint density at radius 2 is 1.59 bits per heavy atom. The predicted octanol–water partition coefficient (Wildman–Crippen LogP) is 3.92. The molecule has 0 aliphatic rings. The van der Waals surface area contributed by atoms with E-state index in [4.69, 9.17) is 23.8 Å². The monoisotopic (exact) mass is 260 g/mol.